The summed E-state index contributed by atoms with van der Waals surface area (Å²) < 4.78 is 33.2. The molecule has 2 atom stereocenters. The van der Waals surface area contributed by atoms with Crippen molar-refractivity contribution >= 4 is 19.8 Å². The van der Waals surface area contributed by atoms with E-state index in [1.807, 2.05) is 0 Å². The van der Waals surface area contributed by atoms with Crippen molar-refractivity contribution in [3.05, 3.63) is 158 Å². The van der Waals surface area contributed by atoms with E-state index in [0.29, 0.717) is 6.42 Å². The topological polar surface area (TPSA) is 134 Å². The molecule has 0 heterocycles. The predicted molar refractivity (Wildman–Crippen MR) is 385 cm³/mol. The summed E-state index contributed by atoms with van der Waals surface area (Å²) in [4.78, 5) is 35.4. The van der Waals surface area contributed by atoms with Crippen LogP contribution in [0.1, 0.15) is 296 Å². The Morgan fingerprint density at radius 2 is 0.584 bits per heavy atom. The van der Waals surface area contributed by atoms with Crippen LogP contribution in [0.2, 0.25) is 0 Å². The number of carbonyl (C=O) groups excluding carboxylic acids is 2. The molecule has 0 aromatic heterocycles. The summed E-state index contributed by atoms with van der Waals surface area (Å²) in [5.41, 5.74) is 5.40. The molecule has 3 N–H and O–H groups in total. The molecule has 10 heteroatoms. The third kappa shape index (κ3) is 72.6. The second-order valence-electron chi connectivity index (χ2n) is 23.3. The van der Waals surface area contributed by atoms with Crippen LogP contribution in [0.5, 0.6) is 0 Å². The molecule has 0 saturated heterocycles. The molecule has 89 heavy (non-hydrogen) atoms. The minimum absolute atomic E-state index is 0.0471. The van der Waals surface area contributed by atoms with E-state index in [0.717, 1.165) is 128 Å². The Kier molecular flexibility index (Phi) is 69.1. The molecular weight excluding hydrogens is 1120 g/mol. The zero-order valence-corrected chi connectivity index (χ0v) is 57.8. The highest BCUT2D eigenvalue weighted by Gasteiger charge is 2.26. The highest BCUT2D eigenvalue weighted by atomic mass is 31.2. The van der Waals surface area contributed by atoms with Crippen LogP contribution in [0, 0.1) is 0 Å². The van der Waals surface area contributed by atoms with E-state index in [9.17, 15) is 19.0 Å². The molecule has 0 fully saturated rings. The van der Waals surface area contributed by atoms with Gasteiger partial charge in [0.1, 0.15) is 6.61 Å². The van der Waals surface area contributed by atoms with Crippen LogP contribution in [0.3, 0.4) is 0 Å². The number of unbranched alkanes of at least 4 members (excludes halogenated alkanes) is 27. The second-order valence-corrected chi connectivity index (χ2v) is 24.8. The molecule has 2 unspecified atom stereocenters. The third-order valence-electron chi connectivity index (χ3n) is 14.9. The fraction of sp³-hybridized carbons (Fsp3) is 0.646. The number of allylic oxidation sites excluding steroid dienone is 26. The van der Waals surface area contributed by atoms with Crippen molar-refractivity contribution < 1.29 is 37.6 Å². The first kappa shape index (κ1) is 84.6. The van der Waals surface area contributed by atoms with Crippen LogP contribution >= 0.6 is 7.82 Å². The van der Waals surface area contributed by atoms with Crippen LogP contribution in [0.4, 0.5) is 0 Å². The molecule has 0 radical (unpaired) electrons. The summed E-state index contributed by atoms with van der Waals surface area (Å²) in [6.07, 6.45) is 106. The largest absolute Gasteiger partial charge is 0.472 e. The molecule has 0 rings (SSSR count). The summed E-state index contributed by atoms with van der Waals surface area (Å²) >= 11 is 0. The maximum absolute atomic E-state index is 12.8. The van der Waals surface area contributed by atoms with Crippen molar-refractivity contribution in [2.75, 3.05) is 26.4 Å². The van der Waals surface area contributed by atoms with Crippen LogP contribution in [-0.2, 0) is 32.7 Å². The Morgan fingerprint density at radius 1 is 0.337 bits per heavy atom. The van der Waals surface area contributed by atoms with Crippen molar-refractivity contribution in [1.29, 1.82) is 0 Å². The lowest BCUT2D eigenvalue weighted by Crippen LogP contribution is -2.29. The first-order valence-corrected chi connectivity index (χ1v) is 37.5. The van der Waals surface area contributed by atoms with Gasteiger partial charge in [0.25, 0.3) is 0 Å². The smallest absolute Gasteiger partial charge is 0.462 e. The standard InChI is InChI=1S/C79H132NO8P/c1-3-5-7-9-11-13-15-17-19-21-23-25-27-29-31-33-34-35-36-37-38-39-40-41-42-44-46-48-50-52-54-56-58-60-62-64-66-68-70-72-79(82)88-77(76-87-89(83,84)86-74-73-80)75-85-78(81)71-69-67-65-63-61-59-57-55-53-51-49-47-45-43-32-30-28-26-24-22-20-18-16-14-12-10-8-6-4-2/h5-8,11-14,17-20,23-26,29,31,34-35,37-38,40-41,44,46,77H,3-4,9-10,15-16,21-22,27-28,30,32-33,36,39,42-43,45,47-76,80H2,1-2H3,(H,83,84)/b7-5-,8-6-,13-11-,14-12-,19-17-,20-18-,25-23-,26-24-,31-29-,35-34-,38-37-,41-40-,46-44-. The number of ether oxygens (including phenoxy) is 2. The van der Waals surface area contributed by atoms with E-state index in [2.05, 4.69) is 172 Å². The van der Waals surface area contributed by atoms with Crippen LogP contribution in [0.25, 0.3) is 0 Å². The molecule has 0 saturated carbocycles. The average Bonchev–Trinajstić information content (AvgIpc) is 3.68. The lowest BCUT2D eigenvalue weighted by atomic mass is 10.0. The zero-order valence-electron chi connectivity index (χ0n) is 56.9. The van der Waals surface area contributed by atoms with Gasteiger partial charge in [-0.25, -0.2) is 4.57 Å². The van der Waals surface area contributed by atoms with Gasteiger partial charge in [-0.15, -0.1) is 0 Å². The number of rotatable bonds is 66. The van der Waals surface area contributed by atoms with E-state index in [-0.39, 0.29) is 38.6 Å². The van der Waals surface area contributed by atoms with Gasteiger partial charge in [0.2, 0.25) is 0 Å². The number of phosphoric ester groups is 1. The molecule has 0 aliphatic heterocycles. The molecular formula is C79H132NO8P. The molecule has 0 amide bonds. The molecule has 0 aliphatic carbocycles. The Morgan fingerprint density at radius 3 is 0.865 bits per heavy atom. The Bertz CT molecular complexity index is 2020. The van der Waals surface area contributed by atoms with E-state index >= 15 is 0 Å². The van der Waals surface area contributed by atoms with Crippen molar-refractivity contribution in [3.63, 3.8) is 0 Å². The van der Waals surface area contributed by atoms with E-state index < -0.39 is 26.5 Å². The summed E-state index contributed by atoms with van der Waals surface area (Å²) in [7, 11) is -4.40. The normalized spacial score (nSPS) is 13.9. The van der Waals surface area contributed by atoms with Crippen LogP contribution < -0.4 is 5.73 Å². The fourth-order valence-corrected chi connectivity index (χ4v) is 10.4. The maximum atomic E-state index is 12.8. The lowest BCUT2D eigenvalue weighted by molar-refractivity contribution is -0.161. The number of hydrogen-bond donors (Lipinski definition) is 2. The third-order valence-corrected chi connectivity index (χ3v) is 15.9. The molecule has 0 aromatic carbocycles. The van der Waals surface area contributed by atoms with Crippen LogP contribution in [0.15, 0.2) is 158 Å². The highest BCUT2D eigenvalue weighted by Crippen LogP contribution is 2.43. The van der Waals surface area contributed by atoms with Gasteiger partial charge >= 0.3 is 19.8 Å². The highest BCUT2D eigenvalue weighted by molar-refractivity contribution is 7.47. The second kappa shape index (κ2) is 72.7. The molecule has 9 nitrogen and oxygen atoms in total. The monoisotopic (exact) mass is 1250 g/mol. The Labute approximate surface area is 547 Å². The maximum Gasteiger partial charge on any atom is 0.472 e. The number of nitrogens with two attached hydrogens (primary N) is 1. The summed E-state index contributed by atoms with van der Waals surface area (Å²) in [5.74, 6) is -0.831. The van der Waals surface area contributed by atoms with Gasteiger partial charge in [-0.05, 0) is 122 Å². The fourth-order valence-electron chi connectivity index (χ4n) is 9.68. The van der Waals surface area contributed by atoms with Gasteiger partial charge in [-0.1, -0.05) is 320 Å². The number of phosphoric acid groups is 1. The average molecular weight is 1250 g/mol. The van der Waals surface area contributed by atoms with Gasteiger partial charge in [0.15, 0.2) is 6.10 Å². The van der Waals surface area contributed by atoms with Crippen molar-refractivity contribution in [1.82, 2.24) is 0 Å². The van der Waals surface area contributed by atoms with Gasteiger partial charge in [-0.3, -0.25) is 18.6 Å². The molecule has 0 spiro atoms. The Balaban J connectivity index is 3.92. The lowest BCUT2D eigenvalue weighted by Gasteiger charge is -2.19. The molecule has 0 aromatic rings. The zero-order chi connectivity index (χ0) is 64.4. The first-order chi connectivity index (χ1) is 43.8. The van der Waals surface area contributed by atoms with E-state index in [4.69, 9.17) is 24.3 Å². The first-order valence-electron chi connectivity index (χ1n) is 36.0. The number of hydrogen-bond acceptors (Lipinski definition) is 8. The van der Waals surface area contributed by atoms with E-state index in [1.54, 1.807) is 0 Å². The quantitative estimate of drug-likeness (QED) is 0.0264. The predicted octanol–water partition coefficient (Wildman–Crippen LogP) is 24.0. The van der Waals surface area contributed by atoms with Gasteiger partial charge in [0, 0.05) is 19.4 Å². The van der Waals surface area contributed by atoms with Gasteiger partial charge < -0.3 is 20.1 Å². The van der Waals surface area contributed by atoms with Crippen molar-refractivity contribution in [2.24, 2.45) is 5.73 Å². The summed E-state index contributed by atoms with van der Waals surface area (Å²) in [6.45, 7) is 3.53. The number of esters is 2. The summed E-state index contributed by atoms with van der Waals surface area (Å²) in [5, 5.41) is 0. The molecule has 0 aliphatic rings. The molecule has 506 valence electrons. The van der Waals surface area contributed by atoms with Crippen LogP contribution in [-0.4, -0.2) is 49.3 Å². The van der Waals surface area contributed by atoms with Gasteiger partial charge in [-0.2, -0.15) is 0 Å². The number of carbonyl (C=O) groups is 2. The van der Waals surface area contributed by atoms with Crippen molar-refractivity contribution in [3.8, 4) is 0 Å². The Hall–Kier alpha value is -4.37. The van der Waals surface area contributed by atoms with E-state index in [1.165, 1.54) is 135 Å². The summed E-state index contributed by atoms with van der Waals surface area (Å²) in [6, 6.07) is 0. The van der Waals surface area contributed by atoms with Gasteiger partial charge in [0.05, 0.1) is 13.2 Å². The molecule has 0 bridgehead atoms. The SMILES string of the molecule is CC/C=C\C/C=C\C/C=C\C/C=C\C/C=C\C/C=C\C/C=C\C/C=C\C/C=C\CCCCCCCCCCCCCC(=O)OC(COC(=O)CCCCCCCCCCCCCCCCCC/C=C\C/C=C\C/C=C\C/C=C\CC)COP(=O)(O)OCCN. The minimum Gasteiger partial charge on any atom is -0.462 e. The minimum atomic E-state index is -4.40. The van der Waals surface area contributed by atoms with Crippen molar-refractivity contribution in [2.45, 2.75) is 302 Å².